The molecule has 0 unspecified atom stereocenters. The van der Waals surface area contributed by atoms with Crippen LogP contribution in [0.2, 0.25) is 5.02 Å². The number of aromatic nitrogens is 2. The summed E-state index contributed by atoms with van der Waals surface area (Å²) in [5.74, 6) is 0.421. The maximum atomic E-state index is 13.1. The van der Waals surface area contributed by atoms with Gasteiger partial charge in [-0.25, -0.2) is 4.98 Å². The highest BCUT2D eigenvalue weighted by Crippen LogP contribution is 2.28. The van der Waals surface area contributed by atoms with Crippen molar-refractivity contribution in [1.82, 2.24) is 14.5 Å². The van der Waals surface area contributed by atoms with Gasteiger partial charge in [0.1, 0.15) is 0 Å². The molecular formula is C20H18ClN3O2. The normalized spacial score (nSPS) is 11.7. The standard InChI is InChI=1S/C20H18ClN3O2/c1-23(2)11-12-24-16-6-4-3-5-15(16)18-17(20(24)25)22-19(26-18)13-7-9-14(21)10-8-13/h3-10H,11-12H2,1-2H3. The van der Waals surface area contributed by atoms with Crippen LogP contribution in [-0.4, -0.2) is 35.1 Å². The van der Waals surface area contributed by atoms with E-state index in [1.165, 1.54) is 0 Å². The quantitative estimate of drug-likeness (QED) is 0.546. The Bertz CT molecular complexity index is 1140. The second-order valence-electron chi connectivity index (χ2n) is 6.48. The average molecular weight is 368 g/mol. The van der Waals surface area contributed by atoms with Crippen molar-refractivity contribution in [1.29, 1.82) is 0 Å². The lowest BCUT2D eigenvalue weighted by Gasteiger charge is -2.13. The maximum Gasteiger partial charge on any atom is 0.280 e. The molecule has 0 radical (unpaired) electrons. The zero-order valence-electron chi connectivity index (χ0n) is 14.6. The van der Waals surface area contributed by atoms with Crippen LogP contribution < -0.4 is 5.56 Å². The monoisotopic (exact) mass is 367 g/mol. The maximum absolute atomic E-state index is 13.1. The predicted octanol–water partition coefficient (Wildman–Crippen LogP) is 4.02. The number of pyridine rings is 1. The largest absolute Gasteiger partial charge is 0.435 e. The van der Waals surface area contributed by atoms with Gasteiger partial charge in [-0.05, 0) is 50.5 Å². The summed E-state index contributed by atoms with van der Waals surface area (Å²) in [6.45, 7) is 1.35. The predicted molar refractivity (Wildman–Crippen MR) is 105 cm³/mol. The molecule has 0 aliphatic carbocycles. The molecule has 6 heteroatoms. The summed E-state index contributed by atoms with van der Waals surface area (Å²) in [6.07, 6.45) is 0. The summed E-state index contributed by atoms with van der Waals surface area (Å²) in [5, 5.41) is 1.52. The van der Waals surface area contributed by atoms with E-state index in [9.17, 15) is 4.79 Å². The molecule has 0 N–H and O–H groups in total. The molecule has 2 aromatic carbocycles. The molecule has 4 aromatic rings. The average Bonchev–Trinajstić information content (AvgIpc) is 3.08. The molecule has 5 nitrogen and oxygen atoms in total. The number of rotatable bonds is 4. The topological polar surface area (TPSA) is 51.3 Å². The van der Waals surface area contributed by atoms with E-state index in [1.807, 2.05) is 55.4 Å². The number of nitrogens with zero attached hydrogens (tertiary/aromatic N) is 3. The molecule has 26 heavy (non-hydrogen) atoms. The summed E-state index contributed by atoms with van der Waals surface area (Å²) >= 11 is 5.95. The first-order valence-corrected chi connectivity index (χ1v) is 8.75. The third-order valence-corrected chi connectivity index (χ3v) is 4.63. The van der Waals surface area contributed by atoms with E-state index in [-0.39, 0.29) is 5.56 Å². The third kappa shape index (κ3) is 2.89. The van der Waals surface area contributed by atoms with E-state index in [0.717, 1.165) is 23.0 Å². The van der Waals surface area contributed by atoms with Crippen LogP contribution in [0.25, 0.3) is 33.5 Å². The fourth-order valence-electron chi connectivity index (χ4n) is 3.02. The van der Waals surface area contributed by atoms with Gasteiger partial charge in [0.15, 0.2) is 11.1 Å². The molecule has 0 bridgehead atoms. The van der Waals surface area contributed by atoms with E-state index in [2.05, 4.69) is 4.98 Å². The van der Waals surface area contributed by atoms with E-state index in [0.29, 0.717) is 28.6 Å². The van der Waals surface area contributed by atoms with Crippen molar-refractivity contribution >= 4 is 33.6 Å². The summed E-state index contributed by atoms with van der Waals surface area (Å²) in [4.78, 5) is 19.6. The Balaban J connectivity index is 1.97. The van der Waals surface area contributed by atoms with Crippen LogP contribution >= 0.6 is 11.6 Å². The molecule has 0 saturated carbocycles. The van der Waals surface area contributed by atoms with Gasteiger partial charge in [-0.3, -0.25) is 4.79 Å². The molecule has 0 aliphatic rings. The highest BCUT2D eigenvalue weighted by atomic mass is 35.5. The molecule has 0 fully saturated rings. The first kappa shape index (κ1) is 16.8. The second-order valence-corrected chi connectivity index (χ2v) is 6.92. The Hall–Kier alpha value is -2.63. The second kappa shape index (κ2) is 6.59. The number of oxazole rings is 1. The summed E-state index contributed by atoms with van der Waals surface area (Å²) in [6, 6.07) is 15.0. The van der Waals surface area contributed by atoms with Gasteiger partial charge >= 0.3 is 0 Å². The van der Waals surface area contributed by atoms with Gasteiger partial charge in [-0.2, -0.15) is 0 Å². The molecule has 0 aliphatic heterocycles. The lowest BCUT2D eigenvalue weighted by Crippen LogP contribution is -2.27. The van der Waals surface area contributed by atoms with Crippen LogP contribution in [0.1, 0.15) is 0 Å². The van der Waals surface area contributed by atoms with E-state index in [1.54, 1.807) is 16.7 Å². The van der Waals surface area contributed by atoms with Crippen LogP contribution in [0, 0.1) is 0 Å². The number of halogens is 1. The molecule has 0 atom stereocenters. The van der Waals surface area contributed by atoms with Gasteiger partial charge in [0.25, 0.3) is 5.56 Å². The van der Waals surface area contributed by atoms with Crippen molar-refractivity contribution in [3.8, 4) is 11.5 Å². The Kier molecular flexibility index (Phi) is 4.26. The summed E-state index contributed by atoms with van der Waals surface area (Å²) in [5.41, 5.74) is 2.38. The SMILES string of the molecule is CN(C)CCn1c(=O)c2nc(-c3ccc(Cl)cc3)oc2c2ccccc21. The zero-order chi connectivity index (χ0) is 18.3. The minimum atomic E-state index is -0.135. The van der Waals surface area contributed by atoms with Gasteiger partial charge in [0.2, 0.25) is 5.89 Å². The molecule has 0 saturated heterocycles. The lowest BCUT2D eigenvalue weighted by atomic mass is 10.2. The summed E-state index contributed by atoms with van der Waals surface area (Å²) in [7, 11) is 3.97. The van der Waals surface area contributed by atoms with Gasteiger partial charge in [0.05, 0.1) is 5.52 Å². The summed E-state index contributed by atoms with van der Waals surface area (Å²) < 4.78 is 7.76. The van der Waals surface area contributed by atoms with Gasteiger partial charge in [0, 0.05) is 29.1 Å². The highest BCUT2D eigenvalue weighted by Gasteiger charge is 2.17. The van der Waals surface area contributed by atoms with Crippen molar-refractivity contribution in [2.24, 2.45) is 0 Å². The van der Waals surface area contributed by atoms with Crippen molar-refractivity contribution in [3.63, 3.8) is 0 Å². The van der Waals surface area contributed by atoms with Crippen LogP contribution in [0.15, 0.2) is 57.7 Å². The molecule has 2 aromatic heterocycles. The van der Waals surface area contributed by atoms with Gasteiger partial charge in [-0.1, -0.05) is 23.7 Å². The van der Waals surface area contributed by atoms with Gasteiger partial charge in [-0.15, -0.1) is 0 Å². The molecule has 0 amide bonds. The van der Waals surface area contributed by atoms with Crippen LogP contribution in [0.3, 0.4) is 0 Å². The fraction of sp³-hybridized carbons (Fsp3) is 0.200. The first-order chi connectivity index (χ1) is 12.5. The molecule has 0 spiro atoms. The number of fused-ring (bicyclic) bond motifs is 3. The number of benzene rings is 2. The number of likely N-dealkylation sites (N-methyl/N-ethyl adjacent to an activating group) is 1. The van der Waals surface area contributed by atoms with Crippen molar-refractivity contribution in [2.45, 2.75) is 6.54 Å². The number of hydrogen-bond acceptors (Lipinski definition) is 4. The smallest absolute Gasteiger partial charge is 0.280 e. The van der Waals surface area contributed by atoms with Crippen molar-refractivity contribution in [2.75, 3.05) is 20.6 Å². The van der Waals surface area contributed by atoms with Gasteiger partial charge < -0.3 is 13.9 Å². The minimum absolute atomic E-state index is 0.135. The Labute approximate surface area is 155 Å². The fourth-order valence-corrected chi connectivity index (χ4v) is 3.15. The van der Waals surface area contributed by atoms with Crippen LogP contribution in [-0.2, 0) is 6.54 Å². The van der Waals surface area contributed by atoms with Crippen molar-refractivity contribution < 1.29 is 4.42 Å². The molecular weight excluding hydrogens is 350 g/mol. The lowest BCUT2D eigenvalue weighted by molar-refractivity contribution is 0.384. The van der Waals surface area contributed by atoms with E-state index < -0.39 is 0 Å². The van der Waals surface area contributed by atoms with E-state index in [4.69, 9.17) is 16.0 Å². The molecule has 2 heterocycles. The number of para-hydroxylation sites is 1. The Morgan fingerprint density at radius 3 is 2.58 bits per heavy atom. The first-order valence-electron chi connectivity index (χ1n) is 8.37. The Morgan fingerprint density at radius 2 is 1.85 bits per heavy atom. The number of hydrogen-bond donors (Lipinski definition) is 0. The Morgan fingerprint density at radius 1 is 1.12 bits per heavy atom. The van der Waals surface area contributed by atoms with E-state index >= 15 is 0 Å². The van der Waals surface area contributed by atoms with Crippen LogP contribution in [0.5, 0.6) is 0 Å². The van der Waals surface area contributed by atoms with Crippen molar-refractivity contribution in [3.05, 3.63) is 63.9 Å². The molecule has 4 rings (SSSR count). The third-order valence-electron chi connectivity index (χ3n) is 4.38. The zero-order valence-corrected chi connectivity index (χ0v) is 15.3. The highest BCUT2D eigenvalue weighted by molar-refractivity contribution is 6.30. The molecule has 132 valence electrons. The minimum Gasteiger partial charge on any atom is -0.435 e. The van der Waals surface area contributed by atoms with Crippen LogP contribution in [0.4, 0.5) is 0 Å².